The summed E-state index contributed by atoms with van der Waals surface area (Å²) in [6.07, 6.45) is 3.40. The van der Waals surface area contributed by atoms with Gasteiger partial charge < -0.3 is 10.0 Å². The third-order valence-corrected chi connectivity index (χ3v) is 3.81. The summed E-state index contributed by atoms with van der Waals surface area (Å²) in [6.45, 7) is 1.98. The normalized spacial score (nSPS) is 23.3. The summed E-state index contributed by atoms with van der Waals surface area (Å²) < 4.78 is 0. The first-order valence-corrected chi connectivity index (χ1v) is 6.32. The summed E-state index contributed by atoms with van der Waals surface area (Å²) in [7, 11) is 0. The molecule has 3 heteroatoms. The number of para-hydroxylation sites is 1. The Kier molecular flexibility index (Phi) is 2.54. The summed E-state index contributed by atoms with van der Waals surface area (Å²) in [4.78, 5) is 13.6. The van der Waals surface area contributed by atoms with Crippen LogP contribution in [0.1, 0.15) is 30.7 Å². The van der Waals surface area contributed by atoms with Gasteiger partial charge >= 0.3 is 5.97 Å². The van der Waals surface area contributed by atoms with E-state index in [1.165, 1.54) is 12.8 Å². The Labute approximate surface area is 101 Å². The predicted octanol–water partition coefficient (Wildman–Crippen LogP) is 2.47. The van der Waals surface area contributed by atoms with E-state index in [-0.39, 0.29) is 5.92 Å². The lowest BCUT2D eigenvalue weighted by molar-refractivity contribution is -0.139. The second-order valence-corrected chi connectivity index (χ2v) is 5.13. The predicted molar refractivity (Wildman–Crippen MR) is 66.4 cm³/mol. The second-order valence-electron chi connectivity index (χ2n) is 5.13. The van der Waals surface area contributed by atoms with E-state index in [1.54, 1.807) is 0 Å². The van der Waals surface area contributed by atoms with Gasteiger partial charge in [0.1, 0.15) is 0 Å². The molecule has 0 amide bonds. The van der Waals surface area contributed by atoms with Crippen LogP contribution >= 0.6 is 0 Å². The Balaban J connectivity index is 1.91. The monoisotopic (exact) mass is 231 g/mol. The molecule has 2 aliphatic rings. The van der Waals surface area contributed by atoms with Crippen LogP contribution in [0.15, 0.2) is 24.3 Å². The van der Waals surface area contributed by atoms with E-state index in [2.05, 4.69) is 11.0 Å². The van der Waals surface area contributed by atoms with Gasteiger partial charge in [0, 0.05) is 18.8 Å². The number of rotatable bonds is 3. The Morgan fingerprint density at radius 3 is 2.76 bits per heavy atom. The summed E-state index contributed by atoms with van der Waals surface area (Å²) in [5, 5.41) is 9.25. The first-order chi connectivity index (χ1) is 8.25. The minimum Gasteiger partial charge on any atom is -0.481 e. The molecule has 3 rings (SSSR count). The Hall–Kier alpha value is -1.51. The molecule has 1 saturated carbocycles. The van der Waals surface area contributed by atoms with Crippen molar-refractivity contribution in [3.05, 3.63) is 29.8 Å². The van der Waals surface area contributed by atoms with Gasteiger partial charge in [-0.15, -0.1) is 0 Å². The lowest BCUT2D eigenvalue weighted by Gasteiger charge is -2.34. The Morgan fingerprint density at radius 1 is 1.29 bits per heavy atom. The van der Waals surface area contributed by atoms with Crippen LogP contribution in [-0.4, -0.2) is 24.2 Å². The average Bonchev–Trinajstić information content (AvgIpc) is 3.13. The Morgan fingerprint density at radius 2 is 2.06 bits per heavy atom. The van der Waals surface area contributed by atoms with E-state index < -0.39 is 5.97 Å². The lowest BCUT2D eigenvalue weighted by atomic mass is 9.90. The molecule has 90 valence electrons. The molecular formula is C14H17NO2. The van der Waals surface area contributed by atoms with Gasteiger partial charge in [0.25, 0.3) is 0 Å². The molecule has 1 aliphatic heterocycles. The number of anilines is 1. The van der Waals surface area contributed by atoms with Crippen molar-refractivity contribution >= 4 is 11.7 Å². The van der Waals surface area contributed by atoms with Gasteiger partial charge in [-0.2, -0.15) is 0 Å². The number of benzene rings is 1. The summed E-state index contributed by atoms with van der Waals surface area (Å²) >= 11 is 0. The molecule has 0 saturated heterocycles. The number of aliphatic carboxylic acids is 1. The van der Waals surface area contributed by atoms with Crippen molar-refractivity contribution in [2.24, 2.45) is 5.92 Å². The van der Waals surface area contributed by atoms with E-state index in [0.29, 0.717) is 0 Å². The summed E-state index contributed by atoms with van der Waals surface area (Å²) in [6, 6.07) is 7.97. The van der Waals surface area contributed by atoms with Crippen LogP contribution < -0.4 is 4.90 Å². The van der Waals surface area contributed by atoms with E-state index in [9.17, 15) is 9.90 Å². The van der Waals surface area contributed by atoms with Crippen molar-refractivity contribution in [3.63, 3.8) is 0 Å². The molecule has 0 bridgehead atoms. The van der Waals surface area contributed by atoms with Crippen LogP contribution in [0.2, 0.25) is 0 Å². The molecule has 1 N–H and O–H groups in total. The van der Waals surface area contributed by atoms with Crippen molar-refractivity contribution < 1.29 is 9.90 Å². The molecule has 1 aromatic rings. The fourth-order valence-corrected chi connectivity index (χ4v) is 2.69. The molecule has 0 radical (unpaired) electrons. The van der Waals surface area contributed by atoms with E-state index in [4.69, 9.17) is 0 Å². The highest BCUT2D eigenvalue weighted by Gasteiger charge is 2.32. The number of carbonyl (C=O) groups is 1. The van der Waals surface area contributed by atoms with Crippen molar-refractivity contribution in [3.8, 4) is 0 Å². The number of hydrogen-bond donors (Lipinski definition) is 1. The fraction of sp³-hybridized carbons (Fsp3) is 0.500. The number of nitrogens with zero attached hydrogens (tertiary/aromatic N) is 1. The lowest BCUT2D eigenvalue weighted by Crippen LogP contribution is -2.34. The minimum atomic E-state index is -0.691. The van der Waals surface area contributed by atoms with E-state index in [0.717, 1.165) is 36.7 Å². The highest BCUT2D eigenvalue weighted by Crippen LogP contribution is 2.38. The van der Waals surface area contributed by atoms with Crippen molar-refractivity contribution in [2.75, 3.05) is 18.0 Å². The zero-order chi connectivity index (χ0) is 11.8. The molecule has 1 aromatic carbocycles. The zero-order valence-electron chi connectivity index (χ0n) is 9.80. The highest BCUT2D eigenvalue weighted by atomic mass is 16.4. The third-order valence-electron chi connectivity index (χ3n) is 3.81. The molecule has 1 fully saturated rings. The fourth-order valence-electron chi connectivity index (χ4n) is 2.69. The topological polar surface area (TPSA) is 40.5 Å². The molecule has 1 aliphatic carbocycles. The van der Waals surface area contributed by atoms with Crippen LogP contribution in [-0.2, 0) is 4.79 Å². The SMILES string of the molecule is O=C(O)[C@@H]1CCN(CC2CC2)c2ccccc21. The van der Waals surface area contributed by atoms with E-state index in [1.807, 2.05) is 18.2 Å². The van der Waals surface area contributed by atoms with Gasteiger partial charge in [-0.1, -0.05) is 18.2 Å². The van der Waals surface area contributed by atoms with Gasteiger partial charge in [0.15, 0.2) is 0 Å². The molecular weight excluding hydrogens is 214 g/mol. The highest BCUT2D eigenvalue weighted by molar-refractivity contribution is 5.80. The molecule has 1 heterocycles. The molecule has 17 heavy (non-hydrogen) atoms. The van der Waals surface area contributed by atoms with Crippen LogP contribution in [0.4, 0.5) is 5.69 Å². The van der Waals surface area contributed by atoms with Crippen LogP contribution in [0.25, 0.3) is 0 Å². The van der Waals surface area contributed by atoms with Crippen LogP contribution in [0.3, 0.4) is 0 Å². The zero-order valence-corrected chi connectivity index (χ0v) is 9.80. The van der Waals surface area contributed by atoms with Crippen molar-refractivity contribution in [1.82, 2.24) is 0 Å². The van der Waals surface area contributed by atoms with Gasteiger partial charge in [0.2, 0.25) is 0 Å². The molecule has 0 spiro atoms. The number of fused-ring (bicyclic) bond motifs is 1. The van der Waals surface area contributed by atoms with Gasteiger partial charge in [-0.25, -0.2) is 0 Å². The number of carboxylic acid groups (broad SMARTS) is 1. The van der Waals surface area contributed by atoms with Crippen molar-refractivity contribution in [1.29, 1.82) is 0 Å². The average molecular weight is 231 g/mol. The van der Waals surface area contributed by atoms with Crippen LogP contribution in [0.5, 0.6) is 0 Å². The minimum absolute atomic E-state index is 0.318. The first kappa shape index (κ1) is 10.6. The molecule has 0 aromatic heterocycles. The van der Waals surface area contributed by atoms with Crippen molar-refractivity contribution in [2.45, 2.75) is 25.2 Å². The number of hydrogen-bond acceptors (Lipinski definition) is 2. The Bertz CT molecular complexity index is 440. The van der Waals surface area contributed by atoms with Gasteiger partial charge in [0.05, 0.1) is 5.92 Å². The quantitative estimate of drug-likeness (QED) is 0.868. The maximum atomic E-state index is 11.2. The molecule has 1 atom stereocenters. The second kappa shape index (κ2) is 4.06. The molecule has 3 nitrogen and oxygen atoms in total. The largest absolute Gasteiger partial charge is 0.481 e. The first-order valence-electron chi connectivity index (χ1n) is 6.32. The standard InChI is InChI=1S/C14H17NO2/c16-14(17)12-7-8-15(9-10-5-6-10)13-4-2-1-3-11(12)13/h1-4,10,12H,5-9H2,(H,16,17)/t12-/m1/s1. The van der Waals surface area contributed by atoms with Gasteiger partial charge in [-0.3, -0.25) is 4.79 Å². The van der Waals surface area contributed by atoms with Crippen LogP contribution in [0, 0.1) is 5.92 Å². The smallest absolute Gasteiger partial charge is 0.311 e. The summed E-state index contributed by atoms with van der Waals surface area (Å²) in [5.41, 5.74) is 2.13. The number of carboxylic acids is 1. The maximum Gasteiger partial charge on any atom is 0.311 e. The van der Waals surface area contributed by atoms with Gasteiger partial charge in [-0.05, 0) is 36.8 Å². The summed E-state index contributed by atoms with van der Waals surface area (Å²) in [5.74, 6) is -0.172. The molecule has 0 unspecified atom stereocenters. The maximum absolute atomic E-state index is 11.2. The van der Waals surface area contributed by atoms with E-state index >= 15 is 0 Å². The third kappa shape index (κ3) is 2.02.